The van der Waals surface area contributed by atoms with Gasteiger partial charge in [0, 0.05) is 12.2 Å². The third-order valence-corrected chi connectivity index (χ3v) is 2.84. The molecule has 0 fully saturated rings. The highest BCUT2D eigenvalue weighted by atomic mass is 16.3. The molecule has 1 aromatic carbocycles. The lowest BCUT2D eigenvalue weighted by Gasteiger charge is -2.23. The number of nitrogens with one attached hydrogen (secondary N) is 1. The van der Waals surface area contributed by atoms with Crippen molar-refractivity contribution >= 4 is 5.69 Å². The lowest BCUT2D eigenvalue weighted by molar-refractivity contribution is 0.157. The summed E-state index contributed by atoms with van der Waals surface area (Å²) in [4.78, 5) is 0. The smallest absolute Gasteiger partial charge is 0.0793 e. The van der Waals surface area contributed by atoms with Crippen LogP contribution in [-0.2, 0) is 6.42 Å². The normalized spacial score (nSPS) is 20.3. The minimum absolute atomic E-state index is 0.252. The zero-order chi connectivity index (χ0) is 9.97. The van der Waals surface area contributed by atoms with E-state index in [0.717, 1.165) is 31.4 Å². The summed E-state index contributed by atoms with van der Waals surface area (Å²) in [5.41, 5.74) is 3.63. The molecular formula is C12H17NO. The first-order chi connectivity index (χ1) is 6.83. The molecule has 76 valence electrons. The van der Waals surface area contributed by atoms with E-state index in [1.54, 1.807) is 0 Å². The van der Waals surface area contributed by atoms with E-state index in [1.807, 2.05) is 12.1 Å². The van der Waals surface area contributed by atoms with Crippen molar-refractivity contribution in [2.24, 2.45) is 0 Å². The number of aliphatic hydroxyl groups excluding tert-OH is 1. The summed E-state index contributed by atoms with van der Waals surface area (Å²) in [6, 6.07) is 6.16. The van der Waals surface area contributed by atoms with Crippen LogP contribution in [0.15, 0.2) is 18.2 Å². The van der Waals surface area contributed by atoms with Crippen molar-refractivity contribution in [1.29, 1.82) is 0 Å². The van der Waals surface area contributed by atoms with Gasteiger partial charge in [-0.25, -0.2) is 0 Å². The maximum Gasteiger partial charge on any atom is 0.0793 e. The van der Waals surface area contributed by atoms with E-state index in [-0.39, 0.29) is 6.10 Å². The van der Waals surface area contributed by atoms with E-state index < -0.39 is 0 Å². The standard InChI is InChI=1S/C12H17NO/c1-2-13-11-7-3-6-10-9(11)5-4-8-12(10)14/h3,6-7,12-14H,2,4-5,8H2,1H3. The van der Waals surface area contributed by atoms with Gasteiger partial charge in [-0.3, -0.25) is 0 Å². The summed E-state index contributed by atoms with van der Waals surface area (Å²) < 4.78 is 0. The van der Waals surface area contributed by atoms with Crippen molar-refractivity contribution in [3.8, 4) is 0 Å². The molecule has 0 radical (unpaired) electrons. The summed E-state index contributed by atoms with van der Waals surface area (Å²) in [6.45, 7) is 3.03. The lowest BCUT2D eigenvalue weighted by Crippen LogP contribution is -2.12. The van der Waals surface area contributed by atoms with Gasteiger partial charge in [-0.2, -0.15) is 0 Å². The van der Waals surface area contributed by atoms with Crippen molar-refractivity contribution in [2.75, 3.05) is 11.9 Å². The third-order valence-electron chi connectivity index (χ3n) is 2.84. The maximum atomic E-state index is 9.83. The van der Waals surface area contributed by atoms with Crippen molar-refractivity contribution in [3.63, 3.8) is 0 Å². The number of hydrogen-bond donors (Lipinski definition) is 2. The largest absolute Gasteiger partial charge is 0.388 e. The van der Waals surface area contributed by atoms with Crippen LogP contribution in [0.1, 0.15) is 37.0 Å². The zero-order valence-corrected chi connectivity index (χ0v) is 8.59. The highest BCUT2D eigenvalue weighted by Gasteiger charge is 2.19. The average Bonchev–Trinajstić information content (AvgIpc) is 2.20. The Morgan fingerprint density at radius 3 is 3.14 bits per heavy atom. The zero-order valence-electron chi connectivity index (χ0n) is 8.59. The first-order valence-electron chi connectivity index (χ1n) is 5.36. The van der Waals surface area contributed by atoms with Crippen molar-refractivity contribution in [1.82, 2.24) is 0 Å². The molecule has 2 rings (SSSR count). The molecule has 0 bridgehead atoms. The fourth-order valence-corrected chi connectivity index (χ4v) is 2.18. The van der Waals surface area contributed by atoms with Gasteiger partial charge in [0.15, 0.2) is 0 Å². The van der Waals surface area contributed by atoms with Crippen LogP contribution < -0.4 is 5.32 Å². The Bertz CT molecular complexity index is 322. The van der Waals surface area contributed by atoms with Gasteiger partial charge in [0.05, 0.1) is 6.10 Å². The number of anilines is 1. The summed E-state index contributed by atoms with van der Waals surface area (Å²) >= 11 is 0. The predicted molar refractivity (Wildman–Crippen MR) is 58.5 cm³/mol. The number of fused-ring (bicyclic) bond motifs is 1. The Morgan fingerprint density at radius 2 is 2.36 bits per heavy atom. The van der Waals surface area contributed by atoms with Gasteiger partial charge >= 0.3 is 0 Å². The van der Waals surface area contributed by atoms with E-state index in [9.17, 15) is 5.11 Å². The van der Waals surface area contributed by atoms with E-state index in [0.29, 0.717) is 0 Å². The minimum Gasteiger partial charge on any atom is -0.388 e. The molecule has 0 aliphatic heterocycles. The average molecular weight is 191 g/mol. The molecule has 2 nitrogen and oxygen atoms in total. The minimum atomic E-state index is -0.252. The quantitative estimate of drug-likeness (QED) is 0.752. The van der Waals surface area contributed by atoms with Gasteiger partial charge in [0.25, 0.3) is 0 Å². The van der Waals surface area contributed by atoms with Crippen LogP contribution in [0, 0.1) is 0 Å². The number of benzene rings is 1. The molecule has 0 heterocycles. The number of hydrogen-bond acceptors (Lipinski definition) is 2. The molecule has 0 saturated heterocycles. The van der Waals surface area contributed by atoms with Gasteiger partial charge in [0.1, 0.15) is 0 Å². The van der Waals surface area contributed by atoms with Crippen molar-refractivity contribution < 1.29 is 5.11 Å². The SMILES string of the molecule is CCNc1cccc2c1CCCC2O. The summed E-state index contributed by atoms with van der Waals surface area (Å²) in [5.74, 6) is 0. The second kappa shape index (κ2) is 4.01. The lowest BCUT2D eigenvalue weighted by atomic mass is 9.88. The fourth-order valence-electron chi connectivity index (χ4n) is 2.18. The molecule has 2 heteroatoms. The Labute approximate surface area is 85.0 Å². The van der Waals surface area contributed by atoms with E-state index in [2.05, 4.69) is 18.3 Å². The summed E-state index contributed by atoms with van der Waals surface area (Å²) in [6.07, 6.45) is 2.84. The first kappa shape index (κ1) is 9.53. The molecular weight excluding hydrogens is 174 g/mol. The molecule has 1 aliphatic carbocycles. The number of aliphatic hydroxyl groups is 1. The van der Waals surface area contributed by atoms with Gasteiger partial charge in [-0.1, -0.05) is 12.1 Å². The highest BCUT2D eigenvalue weighted by molar-refractivity contribution is 5.56. The summed E-state index contributed by atoms with van der Waals surface area (Å²) in [5, 5.41) is 13.2. The molecule has 1 aliphatic rings. The topological polar surface area (TPSA) is 32.3 Å². The van der Waals surface area contributed by atoms with Crippen LogP contribution in [0.3, 0.4) is 0 Å². The second-order valence-electron chi connectivity index (χ2n) is 3.81. The Balaban J connectivity index is 2.39. The van der Waals surface area contributed by atoms with Crippen LogP contribution in [0.5, 0.6) is 0 Å². The van der Waals surface area contributed by atoms with Gasteiger partial charge in [-0.15, -0.1) is 0 Å². The molecule has 2 N–H and O–H groups in total. The molecule has 0 amide bonds. The molecule has 0 spiro atoms. The molecule has 0 aromatic heterocycles. The molecule has 1 atom stereocenters. The van der Waals surface area contributed by atoms with E-state index >= 15 is 0 Å². The van der Waals surface area contributed by atoms with E-state index in [4.69, 9.17) is 0 Å². The Hall–Kier alpha value is -1.02. The monoisotopic (exact) mass is 191 g/mol. The third kappa shape index (κ3) is 1.62. The predicted octanol–water partition coefficient (Wildman–Crippen LogP) is 2.49. The van der Waals surface area contributed by atoms with E-state index in [1.165, 1.54) is 11.3 Å². The Morgan fingerprint density at radius 1 is 1.50 bits per heavy atom. The van der Waals surface area contributed by atoms with Crippen LogP contribution >= 0.6 is 0 Å². The van der Waals surface area contributed by atoms with Crippen molar-refractivity contribution in [2.45, 2.75) is 32.3 Å². The van der Waals surface area contributed by atoms with Gasteiger partial charge < -0.3 is 10.4 Å². The molecule has 0 saturated carbocycles. The first-order valence-corrected chi connectivity index (χ1v) is 5.36. The fraction of sp³-hybridized carbons (Fsp3) is 0.500. The van der Waals surface area contributed by atoms with Gasteiger partial charge in [-0.05, 0) is 43.4 Å². The van der Waals surface area contributed by atoms with Crippen LogP contribution in [0.25, 0.3) is 0 Å². The molecule has 14 heavy (non-hydrogen) atoms. The van der Waals surface area contributed by atoms with Crippen molar-refractivity contribution in [3.05, 3.63) is 29.3 Å². The second-order valence-corrected chi connectivity index (χ2v) is 3.81. The molecule has 1 unspecified atom stereocenters. The van der Waals surface area contributed by atoms with Crippen LogP contribution in [0.4, 0.5) is 5.69 Å². The Kier molecular flexibility index (Phi) is 2.73. The van der Waals surface area contributed by atoms with Crippen LogP contribution in [0.2, 0.25) is 0 Å². The highest BCUT2D eigenvalue weighted by Crippen LogP contribution is 2.33. The number of rotatable bonds is 2. The van der Waals surface area contributed by atoms with Crippen LogP contribution in [-0.4, -0.2) is 11.7 Å². The maximum absolute atomic E-state index is 9.83. The summed E-state index contributed by atoms with van der Waals surface area (Å²) in [7, 11) is 0. The molecule has 1 aromatic rings. The van der Waals surface area contributed by atoms with Gasteiger partial charge in [0.2, 0.25) is 0 Å².